The van der Waals surface area contributed by atoms with Crippen LogP contribution in [0.5, 0.6) is 0 Å². The van der Waals surface area contributed by atoms with Crippen molar-refractivity contribution in [2.75, 3.05) is 25.0 Å². The van der Waals surface area contributed by atoms with Gasteiger partial charge >= 0.3 is 6.09 Å². The molecule has 8 nitrogen and oxygen atoms in total. The maximum atomic E-state index is 12.1. The van der Waals surface area contributed by atoms with Crippen LogP contribution in [-0.2, 0) is 9.53 Å². The van der Waals surface area contributed by atoms with E-state index in [1.165, 1.54) is 0 Å². The van der Waals surface area contributed by atoms with Crippen LogP contribution < -0.4 is 21.3 Å². The Labute approximate surface area is 167 Å². The van der Waals surface area contributed by atoms with E-state index in [-0.39, 0.29) is 12.5 Å². The number of hydrogen-bond donors (Lipinski definition) is 4. The van der Waals surface area contributed by atoms with Gasteiger partial charge in [0.25, 0.3) is 0 Å². The second kappa shape index (κ2) is 10.5. The summed E-state index contributed by atoms with van der Waals surface area (Å²) >= 11 is 0. The highest BCUT2D eigenvalue weighted by molar-refractivity contribution is 5.94. The fourth-order valence-electron chi connectivity index (χ4n) is 2.14. The first-order chi connectivity index (χ1) is 13.0. The Morgan fingerprint density at radius 3 is 2.25 bits per heavy atom. The Morgan fingerprint density at radius 1 is 1.04 bits per heavy atom. The third kappa shape index (κ3) is 10.4. The van der Waals surface area contributed by atoms with Crippen molar-refractivity contribution in [3.8, 4) is 0 Å². The molecule has 0 spiro atoms. The van der Waals surface area contributed by atoms with Gasteiger partial charge in [-0.1, -0.05) is 18.2 Å². The Balaban J connectivity index is 2.57. The quantitative estimate of drug-likeness (QED) is 0.422. The van der Waals surface area contributed by atoms with Gasteiger partial charge in [-0.3, -0.25) is 4.79 Å². The maximum Gasteiger partial charge on any atom is 0.408 e. The maximum absolute atomic E-state index is 12.1. The third-order valence-electron chi connectivity index (χ3n) is 3.32. The number of nitrogens with zero attached hydrogens (tertiary/aromatic N) is 1. The molecule has 0 fully saturated rings. The number of aliphatic imine (C=N–C) groups is 1. The molecule has 156 valence electrons. The summed E-state index contributed by atoms with van der Waals surface area (Å²) in [5.74, 6) is 0.277. The molecule has 0 atom stereocenters. The first-order valence-electron chi connectivity index (χ1n) is 9.39. The summed E-state index contributed by atoms with van der Waals surface area (Å²) in [6.07, 6.45) is -0.483. The van der Waals surface area contributed by atoms with E-state index in [1.807, 2.05) is 71.9 Å². The summed E-state index contributed by atoms with van der Waals surface area (Å²) < 4.78 is 5.29. The summed E-state index contributed by atoms with van der Waals surface area (Å²) in [6.45, 7) is 12.1. The number of guanidine groups is 1. The highest BCUT2D eigenvalue weighted by atomic mass is 16.6. The van der Waals surface area contributed by atoms with Crippen LogP contribution in [-0.4, -0.2) is 48.7 Å². The van der Waals surface area contributed by atoms with Gasteiger partial charge in [0.15, 0.2) is 5.96 Å². The van der Waals surface area contributed by atoms with Gasteiger partial charge in [-0.25, -0.2) is 9.79 Å². The average Bonchev–Trinajstić information content (AvgIpc) is 2.56. The van der Waals surface area contributed by atoms with Gasteiger partial charge in [0, 0.05) is 18.8 Å². The predicted octanol–water partition coefficient (Wildman–Crippen LogP) is 2.48. The molecule has 0 saturated heterocycles. The molecular weight excluding hydrogens is 358 g/mol. The zero-order valence-electron chi connectivity index (χ0n) is 17.7. The molecule has 1 aromatic carbocycles. The van der Waals surface area contributed by atoms with Crippen molar-refractivity contribution in [1.29, 1.82) is 0 Å². The van der Waals surface area contributed by atoms with Gasteiger partial charge in [-0.05, 0) is 53.7 Å². The third-order valence-corrected chi connectivity index (χ3v) is 3.32. The standard InChI is InChI=1S/C20H33N5O3/c1-7-21-17(22-13-16(26)24-15-11-9-8-10-12-15)23-14-20(5,6)25-18(27)28-19(2,3)4/h8-12H,7,13-14H2,1-6H3,(H,24,26)(H,25,27)(H2,21,22,23). The highest BCUT2D eigenvalue weighted by Gasteiger charge is 2.24. The topological polar surface area (TPSA) is 104 Å². The van der Waals surface area contributed by atoms with Crippen LogP contribution in [0.25, 0.3) is 0 Å². The predicted molar refractivity (Wildman–Crippen MR) is 113 cm³/mol. The summed E-state index contributed by atoms with van der Waals surface area (Å²) in [6, 6.07) is 9.22. The van der Waals surface area contributed by atoms with Crippen LogP contribution in [0, 0.1) is 0 Å². The van der Waals surface area contributed by atoms with Gasteiger partial charge in [-0.15, -0.1) is 0 Å². The van der Waals surface area contributed by atoms with E-state index in [0.29, 0.717) is 19.0 Å². The first-order valence-corrected chi connectivity index (χ1v) is 9.39. The highest BCUT2D eigenvalue weighted by Crippen LogP contribution is 2.09. The number of benzene rings is 1. The number of nitrogens with one attached hydrogen (secondary N) is 4. The van der Waals surface area contributed by atoms with Crippen molar-refractivity contribution in [1.82, 2.24) is 16.0 Å². The van der Waals surface area contributed by atoms with Crippen LogP contribution >= 0.6 is 0 Å². The molecule has 0 aliphatic heterocycles. The molecule has 0 aromatic heterocycles. The Bertz CT molecular complexity index is 666. The zero-order valence-corrected chi connectivity index (χ0v) is 17.7. The molecule has 28 heavy (non-hydrogen) atoms. The fraction of sp³-hybridized carbons (Fsp3) is 0.550. The molecule has 1 rings (SSSR count). The van der Waals surface area contributed by atoms with Crippen molar-refractivity contribution in [3.05, 3.63) is 30.3 Å². The number of carbonyl (C=O) groups is 2. The lowest BCUT2D eigenvalue weighted by Gasteiger charge is -2.29. The second-order valence-corrected chi connectivity index (χ2v) is 7.97. The molecule has 0 heterocycles. The molecule has 0 aliphatic rings. The number of rotatable bonds is 7. The lowest BCUT2D eigenvalue weighted by atomic mass is 10.1. The fourth-order valence-corrected chi connectivity index (χ4v) is 2.14. The van der Waals surface area contributed by atoms with Crippen molar-refractivity contribution in [2.24, 2.45) is 4.99 Å². The van der Waals surface area contributed by atoms with Crippen molar-refractivity contribution in [3.63, 3.8) is 0 Å². The molecule has 2 amide bonds. The molecule has 0 bridgehead atoms. The van der Waals surface area contributed by atoms with Crippen molar-refractivity contribution < 1.29 is 14.3 Å². The number of amides is 2. The minimum absolute atomic E-state index is 0.0237. The minimum atomic E-state index is -0.579. The smallest absolute Gasteiger partial charge is 0.408 e. The van der Waals surface area contributed by atoms with Gasteiger partial charge in [0.05, 0.1) is 5.54 Å². The lowest BCUT2D eigenvalue weighted by molar-refractivity contribution is -0.114. The SMILES string of the molecule is CCNC(=NCC(=O)Nc1ccccc1)NCC(C)(C)NC(=O)OC(C)(C)C. The number of para-hydroxylation sites is 1. The van der Waals surface area contributed by atoms with Gasteiger partial charge in [0.2, 0.25) is 5.91 Å². The number of hydrogen-bond acceptors (Lipinski definition) is 4. The Hall–Kier alpha value is -2.77. The van der Waals surface area contributed by atoms with Crippen molar-refractivity contribution >= 4 is 23.6 Å². The molecular formula is C20H33N5O3. The largest absolute Gasteiger partial charge is 0.444 e. The van der Waals surface area contributed by atoms with Crippen LogP contribution in [0.15, 0.2) is 35.3 Å². The van der Waals surface area contributed by atoms with Gasteiger partial charge in [-0.2, -0.15) is 0 Å². The van der Waals surface area contributed by atoms with Crippen LogP contribution in [0.1, 0.15) is 41.5 Å². The first kappa shape index (κ1) is 23.3. The number of alkyl carbamates (subject to hydrolysis) is 1. The minimum Gasteiger partial charge on any atom is -0.444 e. The average molecular weight is 392 g/mol. The molecule has 0 saturated carbocycles. The van der Waals surface area contributed by atoms with Crippen LogP contribution in [0.4, 0.5) is 10.5 Å². The van der Waals surface area contributed by atoms with E-state index in [0.717, 1.165) is 5.69 Å². The molecule has 0 aliphatic carbocycles. The summed E-state index contributed by atoms with van der Waals surface area (Å²) in [4.78, 5) is 28.3. The number of carbonyl (C=O) groups excluding carboxylic acids is 2. The van der Waals surface area contributed by atoms with E-state index < -0.39 is 17.2 Å². The number of anilines is 1. The van der Waals surface area contributed by atoms with E-state index in [2.05, 4.69) is 26.3 Å². The molecule has 0 unspecified atom stereocenters. The summed E-state index contributed by atoms with van der Waals surface area (Å²) in [7, 11) is 0. The lowest BCUT2D eigenvalue weighted by Crippen LogP contribution is -2.54. The molecule has 1 aromatic rings. The van der Waals surface area contributed by atoms with E-state index in [9.17, 15) is 9.59 Å². The molecule has 0 radical (unpaired) electrons. The molecule has 4 N–H and O–H groups in total. The summed E-state index contributed by atoms with van der Waals surface area (Å²) in [5, 5.41) is 11.8. The number of ether oxygens (including phenoxy) is 1. The summed E-state index contributed by atoms with van der Waals surface area (Å²) in [5.41, 5.74) is -0.413. The Kier molecular flexibility index (Phi) is 8.76. The Morgan fingerprint density at radius 2 is 1.68 bits per heavy atom. The molecule has 8 heteroatoms. The van der Waals surface area contributed by atoms with Crippen LogP contribution in [0.3, 0.4) is 0 Å². The van der Waals surface area contributed by atoms with E-state index >= 15 is 0 Å². The second-order valence-electron chi connectivity index (χ2n) is 7.97. The zero-order chi connectivity index (χ0) is 21.2. The van der Waals surface area contributed by atoms with Crippen LogP contribution in [0.2, 0.25) is 0 Å². The van der Waals surface area contributed by atoms with E-state index in [4.69, 9.17) is 4.74 Å². The van der Waals surface area contributed by atoms with Gasteiger partial charge in [0.1, 0.15) is 12.1 Å². The monoisotopic (exact) mass is 391 g/mol. The van der Waals surface area contributed by atoms with Crippen molar-refractivity contribution in [2.45, 2.75) is 52.7 Å². The normalized spacial score (nSPS) is 12.1. The van der Waals surface area contributed by atoms with E-state index in [1.54, 1.807) is 0 Å². The van der Waals surface area contributed by atoms with Gasteiger partial charge < -0.3 is 26.0 Å².